The minimum atomic E-state index is 0.886. The van der Waals surface area contributed by atoms with Crippen molar-refractivity contribution < 1.29 is 8.83 Å². The van der Waals surface area contributed by atoms with Crippen molar-refractivity contribution in [3.05, 3.63) is 206 Å². The van der Waals surface area contributed by atoms with Crippen LogP contribution in [-0.4, -0.2) is 0 Å². The van der Waals surface area contributed by atoms with Gasteiger partial charge in [0.1, 0.15) is 22.7 Å². The van der Waals surface area contributed by atoms with Crippen LogP contribution >= 0.6 is 0 Å². The maximum atomic E-state index is 6.64. The van der Waals surface area contributed by atoms with Crippen LogP contribution in [0.3, 0.4) is 0 Å². The second-order valence-corrected chi connectivity index (χ2v) is 15.1. The molecule has 12 aromatic rings. The number of para-hydroxylation sites is 2. The van der Waals surface area contributed by atoms with E-state index in [2.05, 4.69) is 194 Å². The van der Waals surface area contributed by atoms with Crippen molar-refractivity contribution in [3.8, 4) is 67.2 Å². The summed E-state index contributed by atoms with van der Waals surface area (Å²) in [7, 11) is 0. The molecule has 0 saturated heterocycles. The third-order valence-electron chi connectivity index (χ3n) is 11.9. The first-order valence-corrected chi connectivity index (χ1v) is 19.8. The van der Waals surface area contributed by atoms with Gasteiger partial charge in [-0.1, -0.05) is 182 Å². The van der Waals surface area contributed by atoms with Gasteiger partial charge in [-0.3, -0.25) is 0 Å². The lowest BCUT2D eigenvalue weighted by Gasteiger charge is -2.17. The summed E-state index contributed by atoms with van der Waals surface area (Å²) in [4.78, 5) is 0. The molecule has 0 unspecified atom stereocenters. The number of benzene rings is 10. The first-order valence-electron chi connectivity index (χ1n) is 19.8. The molecule has 0 aliphatic carbocycles. The van der Waals surface area contributed by atoms with Crippen LogP contribution in [0.5, 0.6) is 0 Å². The molecule has 0 aliphatic rings. The van der Waals surface area contributed by atoms with Crippen molar-refractivity contribution in [2.45, 2.75) is 0 Å². The summed E-state index contributed by atoms with van der Waals surface area (Å²) in [6.45, 7) is 0. The predicted molar refractivity (Wildman–Crippen MR) is 242 cm³/mol. The molecule has 10 aromatic carbocycles. The van der Waals surface area contributed by atoms with Gasteiger partial charge in [0, 0.05) is 33.0 Å². The Morgan fingerprint density at radius 1 is 0.259 bits per heavy atom. The zero-order chi connectivity index (χ0) is 38.2. The fraction of sp³-hybridized carbons (Fsp3) is 0. The zero-order valence-corrected chi connectivity index (χ0v) is 31.4. The zero-order valence-electron chi connectivity index (χ0n) is 31.4. The molecule has 270 valence electrons. The largest absolute Gasteiger partial charge is 0.455 e. The fourth-order valence-electron chi connectivity index (χ4n) is 9.24. The predicted octanol–water partition coefficient (Wildman–Crippen LogP) is 16.1. The van der Waals surface area contributed by atoms with Crippen LogP contribution in [0.25, 0.3) is 121 Å². The number of rotatable bonds is 6. The molecular formula is C56H34O2. The van der Waals surface area contributed by atoms with Gasteiger partial charge in [0.15, 0.2) is 0 Å². The quantitative estimate of drug-likeness (QED) is 0.159. The van der Waals surface area contributed by atoms with Crippen molar-refractivity contribution >= 4 is 54.3 Å². The molecule has 0 N–H and O–H groups in total. The minimum absolute atomic E-state index is 0.886. The molecular weight excluding hydrogens is 705 g/mol. The molecule has 0 aliphatic heterocycles. The highest BCUT2D eigenvalue weighted by Crippen LogP contribution is 2.46. The van der Waals surface area contributed by atoms with Crippen molar-refractivity contribution in [2.75, 3.05) is 0 Å². The minimum Gasteiger partial charge on any atom is -0.455 e. The fourth-order valence-corrected chi connectivity index (χ4v) is 9.24. The molecule has 2 heteroatoms. The van der Waals surface area contributed by atoms with E-state index in [1.165, 1.54) is 43.4 Å². The van der Waals surface area contributed by atoms with Crippen LogP contribution in [0.1, 0.15) is 0 Å². The van der Waals surface area contributed by atoms with E-state index < -0.39 is 0 Å². The van der Waals surface area contributed by atoms with Crippen LogP contribution < -0.4 is 0 Å². The van der Waals surface area contributed by atoms with E-state index in [4.69, 9.17) is 8.83 Å². The molecule has 2 heterocycles. The smallest absolute Gasteiger partial charge is 0.143 e. The van der Waals surface area contributed by atoms with Gasteiger partial charge in [-0.2, -0.15) is 0 Å². The molecule has 0 amide bonds. The lowest BCUT2D eigenvalue weighted by molar-refractivity contribution is 0.632. The Morgan fingerprint density at radius 3 is 1.10 bits per heavy atom. The van der Waals surface area contributed by atoms with Gasteiger partial charge in [0.2, 0.25) is 0 Å². The second-order valence-electron chi connectivity index (χ2n) is 15.1. The first-order chi connectivity index (χ1) is 28.8. The van der Waals surface area contributed by atoms with E-state index in [0.717, 1.165) is 78.0 Å². The Labute approximate surface area is 335 Å². The van der Waals surface area contributed by atoms with Gasteiger partial charge >= 0.3 is 0 Å². The maximum absolute atomic E-state index is 6.64. The maximum Gasteiger partial charge on any atom is 0.143 e. The summed E-state index contributed by atoms with van der Waals surface area (Å²) in [6, 6.07) is 73.7. The van der Waals surface area contributed by atoms with Gasteiger partial charge in [0.05, 0.1) is 0 Å². The van der Waals surface area contributed by atoms with Crippen LogP contribution in [0.4, 0.5) is 0 Å². The molecule has 58 heavy (non-hydrogen) atoms. The van der Waals surface area contributed by atoms with E-state index in [1.807, 2.05) is 12.1 Å². The van der Waals surface area contributed by atoms with Crippen LogP contribution in [0, 0.1) is 0 Å². The van der Waals surface area contributed by atoms with Crippen molar-refractivity contribution in [1.82, 2.24) is 0 Å². The van der Waals surface area contributed by atoms with Crippen molar-refractivity contribution in [2.24, 2.45) is 0 Å². The lowest BCUT2D eigenvalue weighted by Crippen LogP contribution is -1.90. The summed E-state index contributed by atoms with van der Waals surface area (Å²) >= 11 is 0. The van der Waals surface area contributed by atoms with E-state index in [9.17, 15) is 0 Å². The van der Waals surface area contributed by atoms with Gasteiger partial charge in [-0.05, 0) is 90.0 Å². The number of hydrogen-bond acceptors (Lipinski definition) is 2. The Kier molecular flexibility index (Phi) is 7.26. The van der Waals surface area contributed by atoms with Crippen molar-refractivity contribution in [3.63, 3.8) is 0 Å². The topological polar surface area (TPSA) is 26.3 Å². The van der Waals surface area contributed by atoms with Crippen LogP contribution in [-0.2, 0) is 0 Å². The Bertz CT molecular complexity index is 3260. The number of hydrogen-bond donors (Lipinski definition) is 0. The molecule has 2 aromatic heterocycles. The Hall–Kier alpha value is -7.68. The second kappa shape index (κ2) is 12.9. The normalized spacial score (nSPS) is 11.8. The van der Waals surface area contributed by atoms with Crippen LogP contribution in [0.2, 0.25) is 0 Å². The van der Waals surface area contributed by atoms with E-state index in [-0.39, 0.29) is 0 Å². The molecule has 2 nitrogen and oxygen atoms in total. The summed E-state index contributed by atoms with van der Waals surface area (Å²) in [6.07, 6.45) is 0. The first kappa shape index (κ1) is 32.6. The van der Waals surface area contributed by atoms with E-state index >= 15 is 0 Å². The highest BCUT2D eigenvalue weighted by atomic mass is 16.3. The SMILES string of the molecule is c1ccc(-c2c(-c3cccc(-c4ccc5ccc6c(-c7cccc(-c8oc9ccccc9c8-c8ccccc8)c7)ccc7ccc4c5c76)c3)oc3ccccc23)cc1. The molecule has 0 fully saturated rings. The molecule has 0 spiro atoms. The highest BCUT2D eigenvalue weighted by molar-refractivity contribution is 6.27. The van der Waals surface area contributed by atoms with Gasteiger partial charge in [-0.25, -0.2) is 0 Å². The van der Waals surface area contributed by atoms with E-state index in [1.54, 1.807) is 0 Å². The van der Waals surface area contributed by atoms with Gasteiger partial charge in [0.25, 0.3) is 0 Å². The summed E-state index contributed by atoms with van der Waals surface area (Å²) in [5, 5.41) is 9.75. The van der Waals surface area contributed by atoms with Crippen molar-refractivity contribution in [1.29, 1.82) is 0 Å². The summed E-state index contributed by atoms with van der Waals surface area (Å²) in [5.74, 6) is 1.77. The summed E-state index contributed by atoms with van der Waals surface area (Å²) in [5.41, 5.74) is 13.1. The lowest BCUT2D eigenvalue weighted by atomic mass is 9.86. The average Bonchev–Trinajstić information content (AvgIpc) is 3.89. The Balaban J connectivity index is 1.01. The standard InChI is InChI=1S/C56H34O2/c1-3-13-35(14-4-1)53-47-21-7-9-23-49(47)57-55(53)41-19-11-17-39(33-41)43-29-25-37-28-32-46-44(30-26-38-27-31-45(43)51(37)52(38)46)40-18-12-20-42(34-40)56-54(36-15-5-2-6-16-36)48-22-8-10-24-50(48)58-56/h1-34H. The monoisotopic (exact) mass is 738 g/mol. The highest BCUT2D eigenvalue weighted by Gasteiger charge is 2.21. The third-order valence-corrected chi connectivity index (χ3v) is 11.9. The Morgan fingerprint density at radius 2 is 0.638 bits per heavy atom. The summed E-state index contributed by atoms with van der Waals surface area (Å²) < 4.78 is 13.3. The third kappa shape index (κ3) is 5.05. The molecule has 0 radical (unpaired) electrons. The average molecular weight is 739 g/mol. The van der Waals surface area contributed by atoms with Crippen LogP contribution in [0.15, 0.2) is 215 Å². The van der Waals surface area contributed by atoms with Gasteiger partial charge in [-0.15, -0.1) is 0 Å². The number of fused-ring (bicyclic) bond motifs is 2. The molecule has 12 rings (SSSR count). The number of furan rings is 2. The molecule has 0 saturated carbocycles. The van der Waals surface area contributed by atoms with E-state index in [0.29, 0.717) is 0 Å². The molecule has 0 bridgehead atoms. The molecule has 0 atom stereocenters. The van der Waals surface area contributed by atoms with Gasteiger partial charge < -0.3 is 8.83 Å².